The Morgan fingerprint density at radius 3 is 2.59 bits per heavy atom. The number of rotatable bonds is 5. The predicted octanol–water partition coefficient (Wildman–Crippen LogP) is 2.86. The molecule has 0 fully saturated rings. The van der Waals surface area contributed by atoms with Crippen LogP contribution in [0.2, 0.25) is 0 Å². The van der Waals surface area contributed by atoms with Gasteiger partial charge in [-0.2, -0.15) is 0 Å². The lowest BCUT2D eigenvalue weighted by Gasteiger charge is -2.17. The monoisotopic (exact) mass is 311 g/mol. The second-order valence-corrected chi connectivity index (χ2v) is 4.61. The molecule has 17 heavy (non-hydrogen) atoms. The van der Waals surface area contributed by atoms with Crippen molar-refractivity contribution >= 4 is 15.9 Å². The maximum Gasteiger partial charge on any atom is 0.265 e. The second kappa shape index (κ2) is 6.37. The van der Waals surface area contributed by atoms with Crippen molar-refractivity contribution < 1.29 is 18.3 Å². The molecule has 0 aliphatic carbocycles. The van der Waals surface area contributed by atoms with Crippen molar-refractivity contribution in [2.24, 2.45) is 0 Å². The van der Waals surface area contributed by atoms with Crippen LogP contribution in [-0.2, 0) is 0 Å². The van der Waals surface area contributed by atoms with E-state index in [1.54, 1.807) is 19.1 Å². The normalized spacial score (nSPS) is 15.0. The predicted molar refractivity (Wildman–Crippen MR) is 62.5 cm³/mol. The highest BCUT2D eigenvalue weighted by Gasteiger charge is 2.18. The summed E-state index contributed by atoms with van der Waals surface area (Å²) < 4.78 is 38.2. The Morgan fingerprint density at radius 1 is 1.41 bits per heavy atom. The van der Waals surface area contributed by atoms with E-state index in [0.29, 0.717) is 10.0 Å². The van der Waals surface area contributed by atoms with Crippen LogP contribution in [0.15, 0.2) is 22.7 Å². The van der Waals surface area contributed by atoms with E-state index in [0.717, 1.165) is 0 Å². The third kappa shape index (κ3) is 4.29. The van der Waals surface area contributed by atoms with Crippen molar-refractivity contribution in [3.05, 3.63) is 34.1 Å². The average molecular weight is 312 g/mol. The lowest BCUT2D eigenvalue weighted by Crippen LogP contribution is -2.33. The number of hydrogen-bond acceptors (Lipinski definition) is 2. The Labute approximate surface area is 106 Å². The van der Waals surface area contributed by atoms with Gasteiger partial charge in [-0.1, -0.05) is 22.0 Å². The number of alkyl halides is 2. The minimum atomic E-state index is -2.80. The molecule has 0 amide bonds. The molecular weight excluding hydrogens is 299 g/mol. The van der Waals surface area contributed by atoms with Crippen molar-refractivity contribution in [1.82, 2.24) is 5.32 Å². The summed E-state index contributed by atoms with van der Waals surface area (Å²) in [5, 5.41) is 11.6. The summed E-state index contributed by atoms with van der Waals surface area (Å²) in [6.07, 6.45) is -4.54. The molecule has 0 saturated heterocycles. The number of halogens is 4. The SMILES string of the molecule is CC(NCC(O)C(F)F)c1ccc(Br)cc1F. The highest BCUT2D eigenvalue weighted by atomic mass is 79.9. The first-order valence-corrected chi connectivity index (χ1v) is 5.85. The number of nitrogens with one attached hydrogen (secondary N) is 1. The van der Waals surface area contributed by atoms with E-state index in [4.69, 9.17) is 5.11 Å². The van der Waals surface area contributed by atoms with E-state index in [2.05, 4.69) is 21.2 Å². The summed E-state index contributed by atoms with van der Waals surface area (Å²) in [5.41, 5.74) is 0.370. The van der Waals surface area contributed by atoms with Crippen LogP contribution >= 0.6 is 15.9 Å². The summed E-state index contributed by atoms with van der Waals surface area (Å²) in [5.74, 6) is -0.425. The smallest absolute Gasteiger partial charge is 0.265 e. The second-order valence-electron chi connectivity index (χ2n) is 3.70. The average Bonchev–Trinajstić information content (AvgIpc) is 2.25. The van der Waals surface area contributed by atoms with Crippen LogP contribution in [-0.4, -0.2) is 24.2 Å². The first kappa shape index (κ1) is 14.5. The molecule has 0 bridgehead atoms. The van der Waals surface area contributed by atoms with E-state index in [-0.39, 0.29) is 6.54 Å². The Balaban J connectivity index is 2.61. The first-order chi connectivity index (χ1) is 7.91. The highest BCUT2D eigenvalue weighted by molar-refractivity contribution is 9.10. The quantitative estimate of drug-likeness (QED) is 0.876. The maximum atomic E-state index is 13.5. The molecule has 0 heterocycles. The van der Waals surface area contributed by atoms with Crippen molar-refractivity contribution in [3.63, 3.8) is 0 Å². The first-order valence-electron chi connectivity index (χ1n) is 5.06. The number of benzene rings is 1. The van der Waals surface area contributed by atoms with Gasteiger partial charge in [-0.25, -0.2) is 13.2 Å². The molecule has 0 saturated carbocycles. The summed E-state index contributed by atoms with van der Waals surface area (Å²) in [6, 6.07) is 4.08. The molecule has 2 atom stereocenters. The maximum absolute atomic E-state index is 13.5. The lowest BCUT2D eigenvalue weighted by atomic mass is 10.1. The number of aliphatic hydroxyl groups excluding tert-OH is 1. The van der Waals surface area contributed by atoms with E-state index < -0.39 is 24.4 Å². The van der Waals surface area contributed by atoms with Crippen molar-refractivity contribution in [2.45, 2.75) is 25.5 Å². The Kier molecular flexibility index (Phi) is 5.42. The van der Waals surface area contributed by atoms with Gasteiger partial charge in [-0.3, -0.25) is 0 Å². The van der Waals surface area contributed by atoms with Crippen LogP contribution in [0.4, 0.5) is 13.2 Å². The van der Waals surface area contributed by atoms with Gasteiger partial charge in [-0.15, -0.1) is 0 Å². The Morgan fingerprint density at radius 2 is 2.06 bits per heavy atom. The van der Waals surface area contributed by atoms with Gasteiger partial charge in [0.15, 0.2) is 0 Å². The van der Waals surface area contributed by atoms with Gasteiger partial charge in [-0.05, 0) is 19.1 Å². The molecule has 1 aromatic rings. The molecule has 1 rings (SSSR count). The van der Waals surface area contributed by atoms with Crippen LogP contribution in [0.25, 0.3) is 0 Å². The van der Waals surface area contributed by atoms with E-state index in [1.807, 2.05) is 0 Å². The van der Waals surface area contributed by atoms with Crippen molar-refractivity contribution in [1.29, 1.82) is 0 Å². The minimum Gasteiger partial charge on any atom is -0.386 e. The molecule has 0 aliphatic rings. The van der Waals surface area contributed by atoms with Gasteiger partial charge in [0.25, 0.3) is 6.43 Å². The van der Waals surface area contributed by atoms with E-state index >= 15 is 0 Å². The van der Waals surface area contributed by atoms with E-state index in [1.165, 1.54) is 6.07 Å². The summed E-state index contributed by atoms with van der Waals surface area (Å²) >= 11 is 3.13. The Bertz CT molecular complexity index is 376. The van der Waals surface area contributed by atoms with Gasteiger partial charge in [0.05, 0.1) is 0 Å². The van der Waals surface area contributed by atoms with Crippen LogP contribution in [0.5, 0.6) is 0 Å². The molecule has 2 nitrogen and oxygen atoms in total. The number of hydrogen-bond donors (Lipinski definition) is 2. The fourth-order valence-electron chi connectivity index (χ4n) is 1.35. The third-order valence-corrected chi connectivity index (χ3v) is 2.85. The zero-order valence-electron chi connectivity index (χ0n) is 9.13. The molecule has 2 unspecified atom stereocenters. The molecule has 1 aromatic carbocycles. The zero-order chi connectivity index (χ0) is 13.0. The van der Waals surface area contributed by atoms with Crippen LogP contribution in [0.3, 0.4) is 0 Å². The molecule has 96 valence electrons. The summed E-state index contributed by atoms with van der Waals surface area (Å²) in [7, 11) is 0. The summed E-state index contributed by atoms with van der Waals surface area (Å²) in [4.78, 5) is 0. The van der Waals surface area contributed by atoms with Gasteiger partial charge in [0.1, 0.15) is 11.9 Å². The van der Waals surface area contributed by atoms with Crippen molar-refractivity contribution in [2.75, 3.05) is 6.54 Å². The molecule has 0 aliphatic heterocycles. The van der Waals surface area contributed by atoms with Crippen LogP contribution in [0, 0.1) is 5.82 Å². The molecule has 6 heteroatoms. The highest BCUT2D eigenvalue weighted by Crippen LogP contribution is 2.20. The Hall–Kier alpha value is -0.590. The van der Waals surface area contributed by atoms with Crippen molar-refractivity contribution in [3.8, 4) is 0 Å². The summed E-state index contributed by atoms with van der Waals surface area (Å²) in [6.45, 7) is 1.36. The van der Waals surface area contributed by atoms with Gasteiger partial charge >= 0.3 is 0 Å². The fraction of sp³-hybridized carbons (Fsp3) is 0.455. The molecule has 0 radical (unpaired) electrons. The standard InChI is InChI=1S/C11H13BrF3NO/c1-6(16-5-10(17)11(14)15)8-3-2-7(12)4-9(8)13/h2-4,6,10-11,16-17H,5H2,1H3. The zero-order valence-corrected chi connectivity index (χ0v) is 10.7. The largest absolute Gasteiger partial charge is 0.386 e. The molecular formula is C11H13BrF3NO. The van der Waals surface area contributed by atoms with Gasteiger partial charge in [0.2, 0.25) is 0 Å². The fourth-order valence-corrected chi connectivity index (χ4v) is 1.68. The van der Waals surface area contributed by atoms with Crippen LogP contribution < -0.4 is 5.32 Å². The van der Waals surface area contributed by atoms with Gasteiger partial charge in [0, 0.05) is 22.6 Å². The number of aliphatic hydroxyl groups is 1. The van der Waals surface area contributed by atoms with E-state index in [9.17, 15) is 13.2 Å². The molecule has 2 N–H and O–H groups in total. The minimum absolute atomic E-state index is 0.283. The van der Waals surface area contributed by atoms with Gasteiger partial charge < -0.3 is 10.4 Å². The lowest BCUT2D eigenvalue weighted by molar-refractivity contribution is -0.00443. The van der Waals surface area contributed by atoms with Crippen LogP contribution in [0.1, 0.15) is 18.5 Å². The molecule has 0 spiro atoms. The third-order valence-electron chi connectivity index (χ3n) is 2.35. The molecule has 0 aromatic heterocycles. The topological polar surface area (TPSA) is 32.3 Å².